The van der Waals surface area contributed by atoms with E-state index in [1.165, 1.54) is 29.2 Å². The zero-order valence-corrected chi connectivity index (χ0v) is 20.6. The third kappa shape index (κ3) is 5.16. The van der Waals surface area contributed by atoms with Gasteiger partial charge in [0.25, 0.3) is 10.0 Å². The van der Waals surface area contributed by atoms with Crippen LogP contribution < -0.4 is 5.32 Å². The molecular weight excluding hydrogens is 538 g/mol. The number of alkyl halides is 3. The predicted molar refractivity (Wildman–Crippen MR) is 133 cm³/mol. The highest BCUT2D eigenvalue weighted by molar-refractivity contribution is 7.90. The van der Waals surface area contributed by atoms with Gasteiger partial charge in [0.1, 0.15) is 5.69 Å². The van der Waals surface area contributed by atoms with E-state index in [-0.39, 0.29) is 23.0 Å². The Kier molecular flexibility index (Phi) is 6.52. The van der Waals surface area contributed by atoms with Crippen molar-refractivity contribution in [3.8, 4) is 17.3 Å². The molecule has 0 atom stereocenters. The van der Waals surface area contributed by atoms with Gasteiger partial charge in [0.05, 0.1) is 47.4 Å². The largest absolute Gasteiger partial charge is 0.416 e. The lowest BCUT2D eigenvalue weighted by Crippen LogP contribution is -2.12. The molecule has 5 aromatic rings. The van der Waals surface area contributed by atoms with Crippen molar-refractivity contribution in [3.63, 3.8) is 0 Å². The maximum atomic E-state index is 14.4. The fourth-order valence-electron chi connectivity index (χ4n) is 3.87. The van der Waals surface area contributed by atoms with Gasteiger partial charge in [0, 0.05) is 29.0 Å². The van der Waals surface area contributed by atoms with Crippen LogP contribution in [0.1, 0.15) is 12.0 Å². The molecule has 2 aromatic carbocycles. The number of aromatic nitrogens is 5. The SMILES string of the molecule is N#CCCn1cc(-c2nc(Nc3ccc4c(ccn4S(=O)(=O)c4ccc(C(F)(F)F)cc4)c3)ncc2F)cn1. The van der Waals surface area contributed by atoms with E-state index in [0.29, 0.717) is 28.7 Å². The number of fused-ring (bicyclic) bond motifs is 1. The first-order valence-electron chi connectivity index (χ1n) is 11.3. The monoisotopic (exact) mass is 555 g/mol. The highest BCUT2D eigenvalue weighted by Crippen LogP contribution is 2.31. The number of nitriles is 1. The van der Waals surface area contributed by atoms with Crippen molar-refractivity contribution >= 4 is 32.6 Å². The fourth-order valence-corrected chi connectivity index (χ4v) is 5.22. The van der Waals surface area contributed by atoms with Crippen molar-refractivity contribution in [2.45, 2.75) is 24.0 Å². The number of hydrogen-bond donors (Lipinski definition) is 1. The van der Waals surface area contributed by atoms with E-state index in [9.17, 15) is 26.0 Å². The Morgan fingerprint density at radius 2 is 1.82 bits per heavy atom. The summed E-state index contributed by atoms with van der Waals surface area (Å²) >= 11 is 0. The Hall–Kier alpha value is -4.77. The third-order valence-corrected chi connectivity index (χ3v) is 7.46. The fraction of sp³-hybridized carbons (Fsp3) is 0.120. The number of benzene rings is 2. The molecule has 0 aliphatic rings. The molecule has 3 aromatic heterocycles. The molecule has 0 saturated carbocycles. The van der Waals surface area contributed by atoms with Gasteiger partial charge in [-0.05, 0) is 48.5 Å². The Morgan fingerprint density at radius 1 is 1.05 bits per heavy atom. The van der Waals surface area contributed by atoms with Crippen molar-refractivity contribution in [2.24, 2.45) is 0 Å². The minimum atomic E-state index is -4.58. The molecule has 0 bridgehead atoms. The molecule has 0 aliphatic heterocycles. The van der Waals surface area contributed by atoms with Gasteiger partial charge in [0.15, 0.2) is 5.82 Å². The smallest absolute Gasteiger partial charge is 0.324 e. The van der Waals surface area contributed by atoms with Crippen LogP contribution in [0.25, 0.3) is 22.2 Å². The minimum absolute atomic E-state index is 0.00516. The van der Waals surface area contributed by atoms with Crippen LogP contribution in [0.5, 0.6) is 0 Å². The average molecular weight is 556 g/mol. The summed E-state index contributed by atoms with van der Waals surface area (Å²) < 4.78 is 81.7. The number of halogens is 4. The summed E-state index contributed by atoms with van der Waals surface area (Å²) in [6.45, 7) is 0.350. The van der Waals surface area contributed by atoms with E-state index >= 15 is 0 Å². The summed E-state index contributed by atoms with van der Waals surface area (Å²) in [5.41, 5.74) is 0.233. The van der Waals surface area contributed by atoms with E-state index in [2.05, 4.69) is 20.4 Å². The zero-order valence-electron chi connectivity index (χ0n) is 19.8. The van der Waals surface area contributed by atoms with Crippen LogP contribution in [0, 0.1) is 17.1 Å². The normalized spacial score (nSPS) is 12.0. The molecule has 0 saturated heterocycles. The van der Waals surface area contributed by atoms with E-state index in [0.717, 1.165) is 34.4 Å². The topological polar surface area (TPSA) is 118 Å². The van der Waals surface area contributed by atoms with E-state index < -0.39 is 27.6 Å². The summed E-state index contributed by atoms with van der Waals surface area (Å²) in [5, 5.41) is 16.3. The lowest BCUT2D eigenvalue weighted by molar-refractivity contribution is -0.137. The van der Waals surface area contributed by atoms with Gasteiger partial charge in [-0.15, -0.1) is 0 Å². The Bertz CT molecular complexity index is 1820. The molecule has 3 heterocycles. The molecule has 0 fully saturated rings. The summed E-state index contributed by atoms with van der Waals surface area (Å²) in [6, 6.07) is 11.5. The summed E-state index contributed by atoms with van der Waals surface area (Å²) in [6.07, 6.45) is 0.967. The maximum Gasteiger partial charge on any atom is 0.416 e. The van der Waals surface area contributed by atoms with E-state index in [1.54, 1.807) is 18.3 Å². The van der Waals surface area contributed by atoms with Crippen LogP contribution in [-0.4, -0.2) is 32.1 Å². The first kappa shape index (κ1) is 25.9. The number of hydrogen-bond acceptors (Lipinski definition) is 7. The Morgan fingerprint density at radius 3 is 2.54 bits per heavy atom. The molecule has 1 N–H and O–H groups in total. The van der Waals surface area contributed by atoms with Gasteiger partial charge in [0.2, 0.25) is 5.95 Å². The van der Waals surface area contributed by atoms with Crippen LogP contribution in [0.2, 0.25) is 0 Å². The van der Waals surface area contributed by atoms with Gasteiger partial charge < -0.3 is 5.32 Å². The van der Waals surface area contributed by atoms with Crippen molar-refractivity contribution < 1.29 is 26.0 Å². The van der Waals surface area contributed by atoms with Gasteiger partial charge in [-0.25, -0.2) is 26.7 Å². The van der Waals surface area contributed by atoms with Crippen molar-refractivity contribution in [1.82, 2.24) is 23.7 Å². The maximum absolute atomic E-state index is 14.4. The van der Waals surface area contributed by atoms with Crippen LogP contribution in [0.3, 0.4) is 0 Å². The number of aryl methyl sites for hydroxylation is 1. The summed E-state index contributed by atoms with van der Waals surface area (Å²) in [7, 11) is -4.16. The Balaban J connectivity index is 1.40. The quantitative estimate of drug-likeness (QED) is 0.269. The third-order valence-electron chi connectivity index (χ3n) is 5.75. The van der Waals surface area contributed by atoms with Gasteiger partial charge in [-0.2, -0.15) is 23.5 Å². The first-order valence-corrected chi connectivity index (χ1v) is 12.7. The van der Waals surface area contributed by atoms with Crippen LogP contribution >= 0.6 is 0 Å². The molecule has 0 radical (unpaired) electrons. The lowest BCUT2D eigenvalue weighted by Gasteiger charge is -2.11. The van der Waals surface area contributed by atoms with Crippen molar-refractivity contribution in [2.75, 3.05) is 5.32 Å². The second-order valence-corrected chi connectivity index (χ2v) is 10.1. The number of rotatable bonds is 7. The molecule has 198 valence electrons. The second-order valence-electron chi connectivity index (χ2n) is 8.33. The van der Waals surface area contributed by atoms with Crippen LogP contribution in [0.15, 0.2) is 78.2 Å². The summed E-state index contributed by atoms with van der Waals surface area (Å²) in [5.74, 6) is -0.589. The molecule has 14 heteroatoms. The zero-order chi connectivity index (χ0) is 27.8. The van der Waals surface area contributed by atoms with Gasteiger partial charge in [-0.3, -0.25) is 4.68 Å². The van der Waals surface area contributed by atoms with E-state index in [1.807, 2.05) is 6.07 Å². The van der Waals surface area contributed by atoms with E-state index in [4.69, 9.17) is 5.26 Å². The van der Waals surface area contributed by atoms with Crippen molar-refractivity contribution in [3.05, 3.63) is 84.7 Å². The predicted octanol–water partition coefficient (Wildman–Crippen LogP) is 5.35. The average Bonchev–Trinajstić information content (AvgIpc) is 3.55. The molecule has 9 nitrogen and oxygen atoms in total. The second kappa shape index (κ2) is 9.84. The summed E-state index contributed by atoms with van der Waals surface area (Å²) in [4.78, 5) is 7.89. The molecule has 0 aliphatic carbocycles. The number of nitrogens with zero attached hydrogens (tertiary/aromatic N) is 6. The van der Waals surface area contributed by atoms with Crippen molar-refractivity contribution in [1.29, 1.82) is 5.26 Å². The lowest BCUT2D eigenvalue weighted by atomic mass is 10.2. The Labute approximate surface area is 219 Å². The highest BCUT2D eigenvalue weighted by Gasteiger charge is 2.31. The standard InChI is InChI=1S/C25H17F4N7O2S/c26-21-14-31-24(34-23(21)17-13-32-35(15-17)10-1-9-30)33-19-4-7-22-16(12-19)8-11-36(22)39(37,38)20-5-2-18(3-6-20)25(27,28)29/h2-8,11-15H,1,10H2,(H,31,33,34). The molecule has 0 spiro atoms. The van der Waals surface area contributed by atoms with Crippen LogP contribution in [0.4, 0.5) is 29.2 Å². The highest BCUT2D eigenvalue weighted by atomic mass is 32.2. The minimum Gasteiger partial charge on any atom is -0.324 e. The molecule has 39 heavy (non-hydrogen) atoms. The molecule has 5 rings (SSSR count). The first-order chi connectivity index (χ1) is 18.6. The van der Waals surface area contributed by atoms with Gasteiger partial charge in [-0.1, -0.05) is 0 Å². The molecule has 0 unspecified atom stereocenters. The number of nitrogens with one attached hydrogen (secondary N) is 1. The molecule has 0 amide bonds. The van der Waals surface area contributed by atoms with Gasteiger partial charge >= 0.3 is 6.18 Å². The molecular formula is C25H17F4N7O2S. The number of anilines is 2. The van der Waals surface area contributed by atoms with Crippen LogP contribution in [-0.2, 0) is 22.7 Å².